The van der Waals surface area contributed by atoms with Crippen molar-refractivity contribution in [3.63, 3.8) is 0 Å². The zero-order chi connectivity index (χ0) is 21.8. The Morgan fingerprint density at radius 2 is 1.94 bits per heavy atom. The van der Waals surface area contributed by atoms with E-state index in [2.05, 4.69) is 37.5 Å². The zero-order valence-corrected chi connectivity index (χ0v) is 18.0. The molecule has 0 radical (unpaired) electrons. The highest BCUT2D eigenvalue weighted by atomic mass is 35.5. The standard InChI is InChI=1S/C23H24ClN5O2/c1-15(30)25-18-7-9-20(24)19(14-18)23(31)26-17-8-10-21-27-28-22(29(21)12-11-17)13-16-5-3-2-4-6-16/h2-7,9,14,17H,8,10-13H2,1H3,(H,25,30)(H,26,31). The van der Waals surface area contributed by atoms with E-state index < -0.39 is 0 Å². The highest BCUT2D eigenvalue weighted by Gasteiger charge is 2.23. The minimum Gasteiger partial charge on any atom is -0.349 e. The number of amides is 2. The molecule has 4 rings (SSSR count). The fourth-order valence-corrected chi connectivity index (χ4v) is 4.05. The van der Waals surface area contributed by atoms with Crippen LogP contribution in [0.2, 0.25) is 5.02 Å². The molecule has 160 valence electrons. The van der Waals surface area contributed by atoms with Crippen molar-refractivity contribution in [2.45, 2.75) is 45.2 Å². The van der Waals surface area contributed by atoms with Gasteiger partial charge in [0.15, 0.2) is 0 Å². The highest BCUT2D eigenvalue weighted by molar-refractivity contribution is 6.34. The molecule has 3 aromatic rings. The Hall–Kier alpha value is -3.19. The Labute approximate surface area is 185 Å². The van der Waals surface area contributed by atoms with Crippen molar-refractivity contribution in [1.82, 2.24) is 20.1 Å². The molecule has 0 aliphatic carbocycles. The summed E-state index contributed by atoms with van der Waals surface area (Å²) in [7, 11) is 0. The summed E-state index contributed by atoms with van der Waals surface area (Å²) in [5.74, 6) is 1.45. The van der Waals surface area contributed by atoms with Gasteiger partial charge in [0.1, 0.15) is 11.6 Å². The molecule has 1 aliphatic heterocycles. The molecule has 0 fully saturated rings. The molecule has 31 heavy (non-hydrogen) atoms. The van der Waals surface area contributed by atoms with Gasteiger partial charge in [0.05, 0.1) is 10.6 Å². The lowest BCUT2D eigenvalue weighted by Gasteiger charge is -2.17. The fourth-order valence-electron chi connectivity index (χ4n) is 3.85. The van der Waals surface area contributed by atoms with E-state index >= 15 is 0 Å². The minimum absolute atomic E-state index is 0.000681. The highest BCUT2D eigenvalue weighted by Crippen LogP contribution is 2.22. The molecule has 0 saturated heterocycles. The zero-order valence-electron chi connectivity index (χ0n) is 17.3. The van der Waals surface area contributed by atoms with Gasteiger partial charge in [-0.3, -0.25) is 9.59 Å². The van der Waals surface area contributed by atoms with Gasteiger partial charge in [0.25, 0.3) is 5.91 Å². The van der Waals surface area contributed by atoms with Crippen molar-refractivity contribution < 1.29 is 9.59 Å². The lowest BCUT2D eigenvalue weighted by molar-refractivity contribution is -0.114. The van der Waals surface area contributed by atoms with Crippen LogP contribution in [0.1, 0.15) is 47.3 Å². The predicted octanol–water partition coefficient (Wildman–Crippen LogP) is 3.62. The molecule has 2 amide bonds. The van der Waals surface area contributed by atoms with E-state index in [9.17, 15) is 9.59 Å². The van der Waals surface area contributed by atoms with E-state index in [1.807, 2.05) is 18.2 Å². The third kappa shape index (κ3) is 5.11. The molecule has 7 nitrogen and oxygen atoms in total. The number of hydrogen-bond donors (Lipinski definition) is 2. The maximum Gasteiger partial charge on any atom is 0.253 e. The fraction of sp³-hybridized carbons (Fsp3) is 0.304. The van der Waals surface area contributed by atoms with Crippen molar-refractivity contribution in [1.29, 1.82) is 0 Å². The Kier molecular flexibility index (Phi) is 6.32. The Bertz CT molecular complexity index is 1100. The monoisotopic (exact) mass is 437 g/mol. The van der Waals surface area contributed by atoms with Gasteiger partial charge in [-0.25, -0.2) is 0 Å². The van der Waals surface area contributed by atoms with Gasteiger partial charge in [0.2, 0.25) is 5.91 Å². The minimum atomic E-state index is -0.246. The number of fused-ring (bicyclic) bond motifs is 1. The number of rotatable bonds is 5. The van der Waals surface area contributed by atoms with Gasteiger partial charge in [-0.05, 0) is 36.6 Å². The molecule has 1 atom stereocenters. The topological polar surface area (TPSA) is 88.9 Å². The van der Waals surface area contributed by atoms with Crippen LogP contribution < -0.4 is 10.6 Å². The van der Waals surface area contributed by atoms with Crippen LogP contribution in [-0.4, -0.2) is 32.6 Å². The summed E-state index contributed by atoms with van der Waals surface area (Å²) >= 11 is 6.23. The van der Waals surface area contributed by atoms with E-state index in [4.69, 9.17) is 11.6 Å². The van der Waals surface area contributed by atoms with Gasteiger partial charge in [0, 0.05) is 38.0 Å². The molecule has 2 heterocycles. The van der Waals surface area contributed by atoms with Crippen LogP contribution in [0.5, 0.6) is 0 Å². The second-order valence-electron chi connectivity index (χ2n) is 7.72. The van der Waals surface area contributed by atoms with Crippen LogP contribution in [0, 0.1) is 0 Å². The van der Waals surface area contributed by atoms with Crippen molar-refractivity contribution >= 4 is 29.1 Å². The second kappa shape index (κ2) is 9.31. The van der Waals surface area contributed by atoms with Gasteiger partial charge >= 0.3 is 0 Å². The van der Waals surface area contributed by atoms with E-state index in [-0.39, 0.29) is 17.9 Å². The SMILES string of the molecule is CC(=O)Nc1ccc(Cl)c(C(=O)NC2CCc3nnc(Cc4ccccc4)n3CC2)c1. The molecule has 0 spiro atoms. The third-order valence-corrected chi connectivity index (χ3v) is 5.72. The van der Waals surface area contributed by atoms with Gasteiger partial charge in [-0.2, -0.15) is 0 Å². The molecule has 2 N–H and O–H groups in total. The first kappa shape index (κ1) is 21.1. The quantitative estimate of drug-likeness (QED) is 0.638. The lowest BCUT2D eigenvalue weighted by Crippen LogP contribution is -2.35. The van der Waals surface area contributed by atoms with Gasteiger partial charge in [-0.15, -0.1) is 10.2 Å². The molecular formula is C23H24ClN5O2. The summed E-state index contributed by atoms with van der Waals surface area (Å²) in [6, 6.07) is 15.1. The number of aromatic nitrogens is 3. The van der Waals surface area contributed by atoms with Gasteiger partial charge < -0.3 is 15.2 Å². The summed E-state index contributed by atoms with van der Waals surface area (Å²) in [6.07, 6.45) is 3.03. The number of carbonyl (C=O) groups excluding carboxylic acids is 2. The van der Waals surface area contributed by atoms with Crippen molar-refractivity contribution in [2.24, 2.45) is 0 Å². The van der Waals surface area contributed by atoms with Crippen molar-refractivity contribution in [3.05, 3.63) is 76.3 Å². The molecule has 1 aliphatic rings. The van der Waals surface area contributed by atoms with Crippen LogP contribution in [0.15, 0.2) is 48.5 Å². The van der Waals surface area contributed by atoms with Crippen molar-refractivity contribution in [2.75, 3.05) is 5.32 Å². The summed E-state index contributed by atoms with van der Waals surface area (Å²) in [5.41, 5.74) is 2.08. The Balaban J connectivity index is 1.42. The maximum absolute atomic E-state index is 12.9. The van der Waals surface area contributed by atoms with E-state index in [1.54, 1.807) is 18.2 Å². The summed E-state index contributed by atoms with van der Waals surface area (Å²) in [4.78, 5) is 24.2. The van der Waals surface area contributed by atoms with E-state index in [0.717, 1.165) is 43.9 Å². The second-order valence-corrected chi connectivity index (χ2v) is 8.13. The van der Waals surface area contributed by atoms with E-state index in [0.29, 0.717) is 16.3 Å². The molecule has 1 unspecified atom stereocenters. The van der Waals surface area contributed by atoms with Gasteiger partial charge in [-0.1, -0.05) is 41.9 Å². The predicted molar refractivity (Wildman–Crippen MR) is 119 cm³/mol. The maximum atomic E-state index is 12.9. The smallest absolute Gasteiger partial charge is 0.253 e. The number of anilines is 1. The number of nitrogens with one attached hydrogen (secondary N) is 2. The molecule has 2 aromatic carbocycles. The van der Waals surface area contributed by atoms with Crippen LogP contribution >= 0.6 is 11.6 Å². The largest absolute Gasteiger partial charge is 0.349 e. The van der Waals surface area contributed by atoms with E-state index in [1.165, 1.54) is 12.5 Å². The first-order chi connectivity index (χ1) is 15.0. The molecule has 0 bridgehead atoms. The Morgan fingerprint density at radius 3 is 2.71 bits per heavy atom. The summed E-state index contributed by atoms with van der Waals surface area (Å²) in [6.45, 7) is 2.17. The average Bonchev–Trinajstić information content (AvgIpc) is 3.01. The van der Waals surface area contributed by atoms with Crippen molar-refractivity contribution in [3.8, 4) is 0 Å². The number of hydrogen-bond acceptors (Lipinski definition) is 4. The first-order valence-corrected chi connectivity index (χ1v) is 10.7. The first-order valence-electron chi connectivity index (χ1n) is 10.3. The molecule has 8 heteroatoms. The number of halogens is 1. The van der Waals surface area contributed by atoms with Crippen LogP contribution in [0.3, 0.4) is 0 Å². The average molecular weight is 438 g/mol. The molecule has 1 aromatic heterocycles. The number of aryl methyl sites for hydroxylation is 1. The molecule has 0 saturated carbocycles. The number of carbonyl (C=O) groups is 2. The van der Waals surface area contributed by atoms with Crippen LogP contribution in [0.25, 0.3) is 0 Å². The Morgan fingerprint density at radius 1 is 1.13 bits per heavy atom. The lowest BCUT2D eigenvalue weighted by atomic mass is 10.1. The van der Waals surface area contributed by atoms with Crippen LogP contribution in [-0.2, 0) is 24.2 Å². The van der Waals surface area contributed by atoms with Crippen LogP contribution in [0.4, 0.5) is 5.69 Å². The summed E-state index contributed by atoms with van der Waals surface area (Å²) in [5, 5.41) is 14.9. The molecular weight excluding hydrogens is 414 g/mol. The normalized spacial score (nSPS) is 15.6. The summed E-state index contributed by atoms with van der Waals surface area (Å²) < 4.78 is 2.17. The number of nitrogens with zero attached hydrogens (tertiary/aromatic N) is 3. The third-order valence-electron chi connectivity index (χ3n) is 5.39. The number of benzene rings is 2.